The lowest BCUT2D eigenvalue weighted by molar-refractivity contribution is 0.0945. The highest BCUT2D eigenvalue weighted by molar-refractivity contribution is 7.14. The highest BCUT2D eigenvalue weighted by atomic mass is 32.1. The Balaban J connectivity index is 1.64. The van der Waals surface area contributed by atoms with Gasteiger partial charge in [-0.25, -0.2) is 0 Å². The number of carbonyl (C=O) groups is 1. The van der Waals surface area contributed by atoms with Gasteiger partial charge >= 0.3 is 0 Å². The Morgan fingerprint density at radius 3 is 2.95 bits per heavy atom. The Labute approximate surface area is 117 Å². The van der Waals surface area contributed by atoms with Crippen LogP contribution in [0.25, 0.3) is 0 Å². The van der Waals surface area contributed by atoms with Crippen molar-refractivity contribution in [2.75, 3.05) is 6.61 Å². The van der Waals surface area contributed by atoms with Crippen LogP contribution in [0.1, 0.15) is 39.4 Å². The molecule has 3 rings (SSSR count). The summed E-state index contributed by atoms with van der Waals surface area (Å²) in [4.78, 5) is 14.5. The van der Waals surface area contributed by atoms with Gasteiger partial charge in [-0.05, 0) is 43.7 Å². The molecule has 1 aromatic heterocycles. The zero-order chi connectivity index (χ0) is 13.2. The summed E-state index contributed by atoms with van der Waals surface area (Å²) in [5.74, 6) is 0.231. The zero-order valence-electron chi connectivity index (χ0n) is 10.9. The van der Waals surface area contributed by atoms with E-state index in [4.69, 9.17) is 5.11 Å². The quantitative estimate of drug-likeness (QED) is 0.833. The average Bonchev–Trinajstić information content (AvgIpc) is 3.04. The molecule has 2 aliphatic rings. The number of thiophene rings is 1. The lowest BCUT2D eigenvalue weighted by atomic mass is 9.99. The third kappa shape index (κ3) is 2.74. The summed E-state index contributed by atoms with van der Waals surface area (Å²) in [7, 11) is 0. The van der Waals surface area contributed by atoms with Crippen molar-refractivity contribution < 1.29 is 9.90 Å². The standard InChI is InChI=1S/C15H19NO2S/c17-9-10-5-6-12(7-10)16-15(18)14-8-11-3-1-2-4-13(11)19-14/h5-6,8,10,12,17H,1-4,7,9H2,(H,16,18)/t10-,12+/m0/s1. The molecular weight excluding hydrogens is 258 g/mol. The van der Waals surface area contributed by atoms with Crippen LogP contribution in [0.15, 0.2) is 18.2 Å². The minimum Gasteiger partial charge on any atom is -0.396 e. The van der Waals surface area contributed by atoms with Crippen LogP contribution in [0.5, 0.6) is 0 Å². The summed E-state index contributed by atoms with van der Waals surface area (Å²) in [5.41, 5.74) is 1.37. The van der Waals surface area contributed by atoms with E-state index in [1.807, 2.05) is 12.2 Å². The van der Waals surface area contributed by atoms with E-state index in [0.29, 0.717) is 0 Å². The Morgan fingerprint density at radius 1 is 1.37 bits per heavy atom. The monoisotopic (exact) mass is 277 g/mol. The van der Waals surface area contributed by atoms with Crippen LogP contribution in [-0.4, -0.2) is 23.7 Å². The van der Waals surface area contributed by atoms with Gasteiger partial charge in [0.25, 0.3) is 5.91 Å². The molecule has 0 fully saturated rings. The zero-order valence-corrected chi connectivity index (χ0v) is 11.7. The van der Waals surface area contributed by atoms with Crippen LogP contribution in [-0.2, 0) is 12.8 Å². The lowest BCUT2D eigenvalue weighted by Gasteiger charge is -2.11. The van der Waals surface area contributed by atoms with Crippen LogP contribution in [0.2, 0.25) is 0 Å². The number of nitrogens with one attached hydrogen (secondary N) is 1. The van der Waals surface area contributed by atoms with E-state index >= 15 is 0 Å². The smallest absolute Gasteiger partial charge is 0.261 e. The van der Waals surface area contributed by atoms with Crippen molar-refractivity contribution in [1.29, 1.82) is 0 Å². The molecule has 1 heterocycles. The molecule has 102 valence electrons. The van der Waals surface area contributed by atoms with Gasteiger partial charge in [0.2, 0.25) is 0 Å². The number of aryl methyl sites for hydroxylation is 2. The Kier molecular flexibility index (Phi) is 3.71. The highest BCUT2D eigenvalue weighted by Crippen LogP contribution is 2.29. The predicted molar refractivity (Wildman–Crippen MR) is 76.5 cm³/mol. The number of carbonyl (C=O) groups excluding carboxylic acids is 1. The molecule has 0 saturated carbocycles. The third-order valence-electron chi connectivity index (χ3n) is 3.94. The number of aliphatic hydroxyl groups is 1. The van der Waals surface area contributed by atoms with Crippen molar-refractivity contribution in [3.8, 4) is 0 Å². The van der Waals surface area contributed by atoms with Gasteiger partial charge in [-0.2, -0.15) is 0 Å². The number of hydrogen-bond donors (Lipinski definition) is 2. The van der Waals surface area contributed by atoms with E-state index in [2.05, 4.69) is 11.4 Å². The molecule has 1 aromatic rings. The molecule has 0 unspecified atom stereocenters. The van der Waals surface area contributed by atoms with Gasteiger partial charge in [-0.15, -0.1) is 11.3 Å². The molecule has 2 aliphatic carbocycles. The maximum absolute atomic E-state index is 12.2. The van der Waals surface area contributed by atoms with Gasteiger partial charge in [-0.3, -0.25) is 4.79 Å². The Hall–Kier alpha value is -1.13. The Bertz CT molecular complexity index is 483. The van der Waals surface area contributed by atoms with Gasteiger partial charge in [0.1, 0.15) is 0 Å². The predicted octanol–water partition coefficient (Wildman–Crippen LogP) is 2.29. The van der Waals surface area contributed by atoms with Gasteiger partial charge in [-0.1, -0.05) is 12.2 Å². The second-order valence-electron chi connectivity index (χ2n) is 5.41. The minimum absolute atomic E-state index is 0.0349. The van der Waals surface area contributed by atoms with Crippen LogP contribution < -0.4 is 5.32 Å². The Morgan fingerprint density at radius 2 is 2.21 bits per heavy atom. The highest BCUT2D eigenvalue weighted by Gasteiger charge is 2.22. The van der Waals surface area contributed by atoms with Crippen LogP contribution >= 0.6 is 11.3 Å². The van der Waals surface area contributed by atoms with Crippen molar-refractivity contribution in [3.05, 3.63) is 33.5 Å². The third-order valence-corrected chi connectivity index (χ3v) is 5.18. The lowest BCUT2D eigenvalue weighted by Crippen LogP contribution is -2.32. The normalized spacial score (nSPS) is 25.3. The molecule has 0 radical (unpaired) electrons. The maximum atomic E-state index is 12.2. The van der Waals surface area contributed by atoms with Crippen molar-refractivity contribution in [2.45, 2.75) is 38.1 Å². The van der Waals surface area contributed by atoms with Crippen molar-refractivity contribution in [3.63, 3.8) is 0 Å². The first-order valence-electron chi connectivity index (χ1n) is 6.98. The molecule has 4 heteroatoms. The molecule has 2 N–H and O–H groups in total. The number of rotatable bonds is 3. The van der Waals surface area contributed by atoms with E-state index in [1.165, 1.54) is 23.3 Å². The molecule has 3 nitrogen and oxygen atoms in total. The number of hydrogen-bond acceptors (Lipinski definition) is 3. The van der Waals surface area contributed by atoms with Crippen molar-refractivity contribution in [1.82, 2.24) is 5.32 Å². The summed E-state index contributed by atoms with van der Waals surface area (Å²) in [6.45, 7) is 0.163. The largest absolute Gasteiger partial charge is 0.396 e. The first kappa shape index (κ1) is 12.9. The fourth-order valence-corrected chi connectivity index (χ4v) is 4.02. The van der Waals surface area contributed by atoms with E-state index in [0.717, 1.165) is 24.1 Å². The van der Waals surface area contributed by atoms with Crippen molar-refractivity contribution in [2.24, 2.45) is 5.92 Å². The topological polar surface area (TPSA) is 49.3 Å². The van der Waals surface area contributed by atoms with Crippen LogP contribution in [0.3, 0.4) is 0 Å². The summed E-state index contributed by atoms with van der Waals surface area (Å²) in [6.07, 6.45) is 9.54. The van der Waals surface area contributed by atoms with E-state index in [9.17, 15) is 4.79 Å². The average molecular weight is 277 g/mol. The molecule has 0 aliphatic heterocycles. The van der Waals surface area contributed by atoms with Gasteiger partial charge < -0.3 is 10.4 Å². The van der Waals surface area contributed by atoms with Crippen LogP contribution in [0.4, 0.5) is 0 Å². The second kappa shape index (κ2) is 5.47. The molecule has 0 bridgehead atoms. The maximum Gasteiger partial charge on any atom is 0.261 e. The first-order valence-corrected chi connectivity index (χ1v) is 7.79. The molecule has 1 amide bonds. The second-order valence-corrected chi connectivity index (χ2v) is 6.55. The molecule has 19 heavy (non-hydrogen) atoms. The molecule has 0 spiro atoms. The number of aliphatic hydroxyl groups excluding tert-OH is 1. The number of fused-ring (bicyclic) bond motifs is 1. The SMILES string of the molecule is O=C(N[C@@H]1C=C[C@H](CO)C1)c1cc2c(s1)CCCC2. The van der Waals surface area contributed by atoms with E-state index < -0.39 is 0 Å². The molecule has 0 aromatic carbocycles. The van der Waals surface area contributed by atoms with Gasteiger partial charge in [0, 0.05) is 23.4 Å². The molecule has 2 atom stereocenters. The minimum atomic E-state index is 0.0349. The summed E-state index contributed by atoms with van der Waals surface area (Å²) in [5, 5.41) is 12.1. The van der Waals surface area contributed by atoms with Gasteiger partial charge in [0.15, 0.2) is 0 Å². The summed E-state index contributed by atoms with van der Waals surface area (Å²) in [6, 6.07) is 2.14. The van der Waals surface area contributed by atoms with E-state index in [1.54, 1.807) is 11.3 Å². The molecule has 0 saturated heterocycles. The molecular formula is C15H19NO2S. The fraction of sp³-hybridized carbons (Fsp3) is 0.533. The fourth-order valence-electron chi connectivity index (χ4n) is 2.86. The number of amides is 1. The van der Waals surface area contributed by atoms with Gasteiger partial charge in [0.05, 0.1) is 4.88 Å². The summed E-state index contributed by atoms with van der Waals surface area (Å²) >= 11 is 1.65. The van der Waals surface area contributed by atoms with Crippen LogP contribution in [0, 0.1) is 5.92 Å². The van der Waals surface area contributed by atoms with E-state index in [-0.39, 0.29) is 24.5 Å². The first-order chi connectivity index (χ1) is 9.26. The summed E-state index contributed by atoms with van der Waals surface area (Å²) < 4.78 is 0. The van der Waals surface area contributed by atoms with Crippen molar-refractivity contribution >= 4 is 17.2 Å².